The van der Waals surface area contributed by atoms with Gasteiger partial charge in [-0.05, 0) is 56.0 Å². The second-order valence-electron chi connectivity index (χ2n) is 8.28. The average molecular weight is 460 g/mol. The van der Waals surface area contributed by atoms with Crippen LogP contribution in [0, 0.1) is 24.1 Å². The first-order chi connectivity index (χ1) is 16.0. The molecular formula is C26H22FN3O2S. The normalized spacial score (nSPS) is 16.2. The van der Waals surface area contributed by atoms with E-state index in [1.54, 1.807) is 12.1 Å². The van der Waals surface area contributed by atoms with Gasteiger partial charge in [0.05, 0.1) is 9.88 Å². The molecule has 0 saturated carbocycles. The van der Waals surface area contributed by atoms with Gasteiger partial charge in [-0.25, -0.2) is 9.37 Å². The predicted molar refractivity (Wildman–Crippen MR) is 126 cm³/mol. The van der Waals surface area contributed by atoms with Crippen molar-refractivity contribution in [1.82, 2.24) is 9.88 Å². The lowest BCUT2D eigenvalue weighted by atomic mass is 9.96. The summed E-state index contributed by atoms with van der Waals surface area (Å²) in [6.07, 6.45) is 3.25. The third-order valence-electron chi connectivity index (χ3n) is 6.13. The fraction of sp³-hybridized carbons (Fsp3) is 0.269. The van der Waals surface area contributed by atoms with Crippen LogP contribution in [0.25, 0.3) is 21.4 Å². The van der Waals surface area contributed by atoms with Gasteiger partial charge in [0, 0.05) is 24.4 Å². The lowest BCUT2D eigenvalue weighted by Gasteiger charge is -2.35. The minimum absolute atomic E-state index is 0.0815. The van der Waals surface area contributed by atoms with Crippen molar-refractivity contribution in [1.29, 1.82) is 5.26 Å². The summed E-state index contributed by atoms with van der Waals surface area (Å²) in [5.41, 5.74) is 2.41. The monoisotopic (exact) mass is 459 g/mol. The Morgan fingerprint density at radius 2 is 2.03 bits per heavy atom. The number of benzene rings is 2. The molecule has 5 nitrogen and oxygen atoms in total. The highest BCUT2D eigenvalue weighted by molar-refractivity contribution is 7.15. The van der Waals surface area contributed by atoms with Crippen molar-refractivity contribution in [2.24, 2.45) is 0 Å². The van der Waals surface area contributed by atoms with E-state index in [-0.39, 0.29) is 17.8 Å². The Balaban J connectivity index is 1.47. The molecule has 1 unspecified atom stereocenters. The summed E-state index contributed by atoms with van der Waals surface area (Å²) in [4.78, 5) is 20.9. The van der Waals surface area contributed by atoms with Gasteiger partial charge >= 0.3 is 0 Å². The molecule has 4 aromatic rings. The van der Waals surface area contributed by atoms with Crippen LogP contribution in [0.15, 0.2) is 52.9 Å². The lowest BCUT2D eigenvalue weighted by Crippen LogP contribution is -2.45. The number of hydrogen-bond acceptors (Lipinski definition) is 5. The van der Waals surface area contributed by atoms with E-state index in [1.165, 1.54) is 23.5 Å². The number of furan rings is 1. The topological polar surface area (TPSA) is 70.1 Å². The number of fused-ring (bicyclic) bond motifs is 1. The number of nitrogens with zero attached hydrogens (tertiary/aromatic N) is 3. The van der Waals surface area contributed by atoms with Gasteiger partial charge in [-0.1, -0.05) is 24.3 Å². The van der Waals surface area contributed by atoms with Crippen molar-refractivity contribution in [3.63, 3.8) is 0 Å². The van der Waals surface area contributed by atoms with Gasteiger partial charge < -0.3 is 9.32 Å². The number of likely N-dealkylation sites (tertiary alicyclic amines) is 1. The number of para-hydroxylation sites is 1. The highest BCUT2D eigenvalue weighted by atomic mass is 32.1. The smallest absolute Gasteiger partial charge is 0.274 e. The Bertz CT molecular complexity index is 1370. The summed E-state index contributed by atoms with van der Waals surface area (Å²) in [5.74, 6) is 0.178. The van der Waals surface area contributed by atoms with E-state index in [2.05, 4.69) is 11.1 Å². The largest absolute Gasteiger partial charge is 0.460 e. The maximum absolute atomic E-state index is 13.7. The van der Waals surface area contributed by atoms with Crippen LogP contribution in [-0.4, -0.2) is 28.4 Å². The molecule has 166 valence electrons. The molecule has 1 aliphatic rings. The molecule has 1 aliphatic heterocycles. The van der Waals surface area contributed by atoms with Crippen LogP contribution < -0.4 is 0 Å². The summed E-state index contributed by atoms with van der Waals surface area (Å²) in [7, 11) is 0. The van der Waals surface area contributed by atoms with Gasteiger partial charge in [0.15, 0.2) is 0 Å². The SMILES string of the molecule is Cc1nc(C(=O)N2CCCCC2Cc2oc3ccccc3c2C#N)c(-c2ccc(F)cc2)s1. The van der Waals surface area contributed by atoms with E-state index in [9.17, 15) is 14.4 Å². The van der Waals surface area contributed by atoms with Crippen LogP contribution in [0.2, 0.25) is 0 Å². The van der Waals surface area contributed by atoms with E-state index in [0.717, 1.165) is 40.1 Å². The Labute approximate surface area is 195 Å². The second-order valence-corrected chi connectivity index (χ2v) is 9.48. The number of piperidine rings is 1. The zero-order valence-electron chi connectivity index (χ0n) is 18.2. The number of halogens is 1. The van der Waals surface area contributed by atoms with E-state index in [0.29, 0.717) is 35.6 Å². The Morgan fingerprint density at radius 3 is 2.82 bits per heavy atom. The van der Waals surface area contributed by atoms with E-state index < -0.39 is 0 Å². The van der Waals surface area contributed by atoms with Crippen LogP contribution in [0.5, 0.6) is 0 Å². The highest BCUT2D eigenvalue weighted by Gasteiger charge is 2.32. The molecule has 0 spiro atoms. The van der Waals surface area contributed by atoms with Crippen LogP contribution in [0.3, 0.4) is 0 Å². The van der Waals surface area contributed by atoms with Crippen molar-refractivity contribution in [3.05, 3.63) is 76.4 Å². The minimum Gasteiger partial charge on any atom is -0.460 e. The maximum Gasteiger partial charge on any atom is 0.274 e. The van der Waals surface area contributed by atoms with Crippen molar-refractivity contribution in [2.75, 3.05) is 6.54 Å². The fourth-order valence-corrected chi connectivity index (χ4v) is 5.48. The van der Waals surface area contributed by atoms with Gasteiger partial charge in [0.25, 0.3) is 5.91 Å². The molecule has 0 aliphatic carbocycles. The lowest BCUT2D eigenvalue weighted by molar-refractivity contribution is 0.0603. The van der Waals surface area contributed by atoms with E-state index in [4.69, 9.17) is 4.42 Å². The molecule has 1 saturated heterocycles. The number of aryl methyl sites for hydroxylation is 1. The third-order valence-corrected chi connectivity index (χ3v) is 7.15. The van der Waals surface area contributed by atoms with Crippen LogP contribution >= 0.6 is 11.3 Å². The summed E-state index contributed by atoms with van der Waals surface area (Å²) >= 11 is 1.44. The second kappa shape index (κ2) is 8.80. The molecular weight excluding hydrogens is 437 g/mol. The highest BCUT2D eigenvalue weighted by Crippen LogP contribution is 2.34. The van der Waals surface area contributed by atoms with E-state index >= 15 is 0 Å². The fourth-order valence-electron chi connectivity index (χ4n) is 4.56. The first kappa shape index (κ1) is 21.4. The molecule has 33 heavy (non-hydrogen) atoms. The molecule has 1 atom stereocenters. The van der Waals surface area contributed by atoms with Crippen molar-refractivity contribution in [3.8, 4) is 16.5 Å². The quantitative estimate of drug-likeness (QED) is 0.369. The summed E-state index contributed by atoms with van der Waals surface area (Å²) in [6.45, 7) is 2.50. The molecule has 0 N–H and O–H groups in total. The minimum atomic E-state index is -0.317. The van der Waals surface area contributed by atoms with Crippen molar-refractivity contribution >= 4 is 28.2 Å². The predicted octanol–water partition coefficient (Wildman–Crippen LogP) is 6.11. The average Bonchev–Trinajstić information content (AvgIpc) is 3.39. The standard InChI is InChI=1S/C26H22FN3O2S/c1-16-29-24(25(33-16)17-9-11-18(27)12-10-17)26(31)30-13-5-4-6-19(30)14-23-21(15-28)20-7-2-3-8-22(20)32-23/h2-3,7-12,19H,4-6,13-14H2,1H3. The summed E-state index contributed by atoms with van der Waals surface area (Å²) in [6, 6.07) is 15.9. The molecule has 7 heteroatoms. The third kappa shape index (κ3) is 4.03. The maximum atomic E-state index is 13.7. The summed E-state index contributed by atoms with van der Waals surface area (Å²) < 4.78 is 19.5. The van der Waals surface area contributed by atoms with Crippen molar-refractivity contribution in [2.45, 2.75) is 38.6 Å². The molecule has 0 radical (unpaired) electrons. The Hall–Kier alpha value is -3.50. The van der Waals surface area contributed by atoms with Gasteiger partial charge in [0.1, 0.15) is 34.5 Å². The van der Waals surface area contributed by atoms with Gasteiger partial charge in [-0.3, -0.25) is 4.79 Å². The van der Waals surface area contributed by atoms with Crippen molar-refractivity contribution < 1.29 is 13.6 Å². The number of nitriles is 1. The number of amides is 1. The number of carbonyl (C=O) groups excluding carboxylic acids is 1. The molecule has 0 bridgehead atoms. The number of hydrogen-bond donors (Lipinski definition) is 0. The summed E-state index contributed by atoms with van der Waals surface area (Å²) in [5, 5.41) is 11.3. The molecule has 2 aromatic carbocycles. The van der Waals surface area contributed by atoms with Gasteiger partial charge in [-0.2, -0.15) is 5.26 Å². The Morgan fingerprint density at radius 1 is 1.24 bits per heavy atom. The molecule has 1 fully saturated rings. The van der Waals surface area contributed by atoms with E-state index in [1.807, 2.05) is 36.1 Å². The molecule has 2 aromatic heterocycles. The van der Waals surface area contributed by atoms with Crippen LogP contribution in [-0.2, 0) is 6.42 Å². The molecule has 1 amide bonds. The number of rotatable bonds is 4. The first-order valence-electron chi connectivity index (χ1n) is 11.0. The Kier molecular flexibility index (Phi) is 5.69. The zero-order valence-corrected chi connectivity index (χ0v) is 19.0. The first-order valence-corrected chi connectivity index (χ1v) is 11.8. The van der Waals surface area contributed by atoms with Crippen LogP contribution in [0.1, 0.15) is 46.1 Å². The molecule has 5 rings (SSSR count). The molecule has 3 heterocycles. The van der Waals surface area contributed by atoms with Gasteiger partial charge in [-0.15, -0.1) is 11.3 Å². The zero-order chi connectivity index (χ0) is 22.9. The number of aromatic nitrogens is 1. The van der Waals surface area contributed by atoms with Gasteiger partial charge in [0.2, 0.25) is 0 Å². The van der Waals surface area contributed by atoms with Crippen LogP contribution in [0.4, 0.5) is 4.39 Å². The number of carbonyl (C=O) groups is 1. The number of thiazole rings is 1.